The first-order valence-electron chi connectivity index (χ1n) is 5.64. The maximum Gasteiger partial charge on any atom is 0.320 e. The lowest BCUT2D eigenvalue weighted by Gasteiger charge is -2.22. The van der Waals surface area contributed by atoms with Gasteiger partial charge in [-0.2, -0.15) is 0 Å². The molecule has 2 N–H and O–H groups in total. The van der Waals surface area contributed by atoms with Gasteiger partial charge in [0, 0.05) is 0 Å². The molecule has 0 bridgehead atoms. The van der Waals surface area contributed by atoms with Gasteiger partial charge in [0.2, 0.25) is 0 Å². The monoisotopic (exact) mass is 199 g/mol. The number of hydrogen-bond acceptors (Lipinski definition) is 2. The van der Waals surface area contributed by atoms with E-state index in [2.05, 4.69) is 5.32 Å². The van der Waals surface area contributed by atoms with Gasteiger partial charge in [0.1, 0.15) is 6.04 Å². The lowest BCUT2D eigenvalue weighted by Crippen LogP contribution is -2.34. The van der Waals surface area contributed by atoms with E-state index >= 15 is 0 Å². The standard InChI is InChI=1S/C11H21NO2/c1-12-10(11(13)14)8-7-9-5-3-2-4-6-9/h9-10,12H,2-8H2,1H3,(H,13,14). The maximum atomic E-state index is 10.7. The SMILES string of the molecule is CNC(CCC1CCCCC1)C(=O)O. The molecule has 1 fully saturated rings. The Kier molecular flexibility index (Phi) is 4.94. The van der Waals surface area contributed by atoms with Gasteiger partial charge in [0.05, 0.1) is 0 Å². The van der Waals surface area contributed by atoms with Crippen molar-refractivity contribution in [3.63, 3.8) is 0 Å². The normalized spacial score (nSPS) is 20.6. The summed E-state index contributed by atoms with van der Waals surface area (Å²) >= 11 is 0. The molecule has 1 aliphatic rings. The van der Waals surface area contributed by atoms with Crippen molar-refractivity contribution in [1.29, 1.82) is 0 Å². The van der Waals surface area contributed by atoms with Crippen molar-refractivity contribution in [1.82, 2.24) is 5.32 Å². The average molecular weight is 199 g/mol. The molecule has 3 heteroatoms. The Balaban J connectivity index is 2.20. The Morgan fingerprint density at radius 1 is 1.43 bits per heavy atom. The molecule has 1 saturated carbocycles. The van der Waals surface area contributed by atoms with Crippen LogP contribution in [0.1, 0.15) is 44.9 Å². The lowest BCUT2D eigenvalue weighted by atomic mass is 9.85. The minimum atomic E-state index is -0.719. The molecule has 1 atom stereocenters. The fourth-order valence-electron chi connectivity index (χ4n) is 2.27. The van der Waals surface area contributed by atoms with Crippen LogP contribution in [0, 0.1) is 5.92 Å². The van der Waals surface area contributed by atoms with Crippen molar-refractivity contribution in [3.05, 3.63) is 0 Å². The molecule has 3 nitrogen and oxygen atoms in total. The predicted molar refractivity (Wildman–Crippen MR) is 56.3 cm³/mol. The Morgan fingerprint density at radius 3 is 2.57 bits per heavy atom. The second-order valence-electron chi connectivity index (χ2n) is 4.26. The van der Waals surface area contributed by atoms with Crippen molar-refractivity contribution in [2.45, 2.75) is 51.0 Å². The Hall–Kier alpha value is -0.570. The third kappa shape index (κ3) is 3.66. The fourth-order valence-corrected chi connectivity index (χ4v) is 2.27. The third-order valence-electron chi connectivity index (χ3n) is 3.23. The van der Waals surface area contributed by atoms with E-state index in [-0.39, 0.29) is 6.04 Å². The molecule has 0 aromatic heterocycles. The first kappa shape index (κ1) is 11.5. The van der Waals surface area contributed by atoms with Crippen LogP contribution in [0.15, 0.2) is 0 Å². The van der Waals surface area contributed by atoms with E-state index in [4.69, 9.17) is 5.11 Å². The van der Waals surface area contributed by atoms with Crippen molar-refractivity contribution in [2.24, 2.45) is 5.92 Å². The molecule has 0 amide bonds. The van der Waals surface area contributed by atoms with E-state index in [1.54, 1.807) is 7.05 Å². The molecule has 1 unspecified atom stereocenters. The second kappa shape index (κ2) is 6.02. The van der Waals surface area contributed by atoms with E-state index in [1.165, 1.54) is 32.1 Å². The number of carbonyl (C=O) groups is 1. The molecule has 0 heterocycles. The zero-order valence-corrected chi connectivity index (χ0v) is 8.96. The summed E-state index contributed by atoms with van der Waals surface area (Å²) in [5.41, 5.74) is 0. The van der Waals surface area contributed by atoms with Crippen LogP contribution in [0.5, 0.6) is 0 Å². The molecule has 0 aromatic rings. The number of aliphatic carboxylic acids is 1. The van der Waals surface area contributed by atoms with Crippen molar-refractivity contribution in [3.8, 4) is 0 Å². The maximum absolute atomic E-state index is 10.7. The molecule has 14 heavy (non-hydrogen) atoms. The van der Waals surface area contributed by atoms with Gasteiger partial charge in [-0.1, -0.05) is 32.1 Å². The summed E-state index contributed by atoms with van der Waals surface area (Å²) in [6.45, 7) is 0. The Morgan fingerprint density at radius 2 is 2.07 bits per heavy atom. The topological polar surface area (TPSA) is 49.3 Å². The number of carboxylic acids is 1. The van der Waals surface area contributed by atoms with E-state index in [1.807, 2.05) is 0 Å². The van der Waals surface area contributed by atoms with E-state index in [0.29, 0.717) is 0 Å². The number of hydrogen-bond donors (Lipinski definition) is 2. The van der Waals surface area contributed by atoms with Crippen LogP contribution < -0.4 is 5.32 Å². The Bertz CT molecular complexity index is 176. The van der Waals surface area contributed by atoms with Crippen LogP contribution in [0.2, 0.25) is 0 Å². The van der Waals surface area contributed by atoms with Gasteiger partial charge < -0.3 is 10.4 Å². The van der Waals surface area contributed by atoms with E-state index in [9.17, 15) is 4.79 Å². The molecule has 82 valence electrons. The van der Waals surface area contributed by atoms with Crippen LogP contribution >= 0.6 is 0 Å². The molecule has 0 spiro atoms. The summed E-state index contributed by atoms with van der Waals surface area (Å²) in [7, 11) is 1.72. The van der Waals surface area contributed by atoms with Gasteiger partial charge in [-0.25, -0.2) is 0 Å². The minimum absolute atomic E-state index is 0.350. The summed E-state index contributed by atoms with van der Waals surface area (Å²) in [5.74, 6) is 0.0576. The smallest absolute Gasteiger partial charge is 0.320 e. The molecule has 0 aliphatic heterocycles. The number of rotatable bonds is 5. The lowest BCUT2D eigenvalue weighted by molar-refractivity contribution is -0.139. The summed E-state index contributed by atoms with van der Waals surface area (Å²) in [6.07, 6.45) is 8.48. The molecular weight excluding hydrogens is 178 g/mol. The van der Waals surface area contributed by atoms with Gasteiger partial charge in [0.15, 0.2) is 0 Å². The highest BCUT2D eigenvalue weighted by molar-refractivity contribution is 5.73. The first-order chi connectivity index (χ1) is 6.74. The van der Waals surface area contributed by atoms with Gasteiger partial charge in [-0.15, -0.1) is 0 Å². The third-order valence-corrected chi connectivity index (χ3v) is 3.23. The zero-order chi connectivity index (χ0) is 10.4. The second-order valence-corrected chi connectivity index (χ2v) is 4.26. The molecule has 0 radical (unpaired) electrons. The van der Waals surface area contributed by atoms with E-state index in [0.717, 1.165) is 18.8 Å². The minimum Gasteiger partial charge on any atom is -0.480 e. The highest BCUT2D eigenvalue weighted by Gasteiger charge is 2.18. The van der Waals surface area contributed by atoms with Crippen LogP contribution in [0.4, 0.5) is 0 Å². The van der Waals surface area contributed by atoms with Crippen molar-refractivity contribution < 1.29 is 9.90 Å². The van der Waals surface area contributed by atoms with Gasteiger partial charge in [0.25, 0.3) is 0 Å². The highest BCUT2D eigenvalue weighted by atomic mass is 16.4. The first-order valence-corrected chi connectivity index (χ1v) is 5.64. The quantitative estimate of drug-likeness (QED) is 0.712. The largest absolute Gasteiger partial charge is 0.480 e. The number of carboxylic acid groups (broad SMARTS) is 1. The number of likely N-dealkylation sites (N-methyl/N-ethyl adjacent to an activating group) is 1. The highest BCUT2D eigenvalue weighted by Crippen LogP contribution is 2.27. The van der Waals surface area contributed by atoms with Gasteiger partial charge >= 0.3 is 5.97 Å². The van der Waals surface area contributed by atoms with E-state index < -0.39 is 5.97 Å². The van der Waals surface area contributed by atoms with Crippen molar-refractivity contribution >= 4 is 5.97 Å². The number of nitrogens with one attached hydrogen (secondary N) is 1. The molecule has 1 rings (SSSR count). The zero-order valence-electron chi connectivity index (χ0n) is 8.96. The van der Waals surface area contributed by atoms with Gasteiger partial charge in [-0.05, 0) is 25.8 Å². The van der Waals surface area contributed by atoms with Gasteiger partial charge in [-0.3, -0.25) is 4.79 Å². The van der Waals surface area contributed by atoms with Crippen LogP contribution in [-0.2, 0) is 4.79 Å². The molecule has 1 aliphatic carbocycles. The summed E-state index contributed by atoms with van der Waals surface area (Å²) in [5, 5.41) is 11.7. The molecular formula is C11H21NO2. The van der Waals surface area contributed by atoms with Crippen LogP contribution in [-0.4, -0.2) is 24.2 Å². The molecule has 0 aromatic carbocycles. The predicted octanol–water partition coefficient (Wildman–Crippen LogP) is 2.02. The van der Waals surface area contributed by atoms with Crippen LogP contribution in [0.25, 0.3) is 0 Å². The summed E-state index contributed by atoms with van der Waals surface area (Å²) in [4.78, 5) is 10.7. The summed E-state index contributed by atoms with van der Waals surface area (Å²) in [6, 6.07) is -0.350. The summed E-state index contributed by atoms with van der Waals surface area (Å²) < 4.78 is 0. The fraction of sp³-hybridized carbons (Fsp3) is 0.909. The Labute approximate surface area is 85.9 Å². The average Bonchev–Trinajstić information content (AvgIpc) is 2.20. The van der Waals surface area contributed by atoms with Crippen molar-refractivity contribution in [2.75, 3.05) is 7.05 Å². The van der Waals surface area contributed by atoms with Crippen LogP contribution in [0.3, 0.4) is 0 Å². The molecule has 0 saturated heterocycles.